The van der Waals surface area contributed by atoms with Gasteiger partial charge in [0.05, 0.1) is 16.5 Å². The number of piperidine rings is 1. The molecule has 114 valence electrons. The summed E-state index contributed by atoms with van der Waals surface area (Å²) in [6.45, 7) is 2.94. The highest BCUT2D eigenvalue weighted by molar-refractivity contribution is 7.89. The maximum Gasteiger partial charge on any atom is 0.243 e. The maximum atomic E-state index is 12.6. The molecule has 0 aromatic heterocycles. The molecule has 2 rings (SSSR count). The van der Waals surface area contributed by atoms with Crippen LogP contribution < -0.4 is 0 Å². The van der Waals surface area contributed by atoms with Gasteiger partial charge in [-0.05, 0) is 42.9 Å². The van der Waals surface area contributed by atoms with Crippen molar-refractivity contribution in [1.29, 1.82) is 5.26 Å². The summed E-state index contributed by atoms with van der Waals surface area (Å²) < 4.78 is 26.6. The van der Waals surface area contributed by atoms with Gasteiger partial charge in [-0.1, -0.05) is 13.0 Å². The number of benzene rings is 1. The van der Waals surface area contributed by atoms with E-state index in [0.717, 1.165) is 6.42 Å². The number of hydrogen-bond acceptors (Lipinski definition) is 4. The van der Waals surface area contributed by atoms with Crippen molar-refractivity contribution in [2.24, 2.45) is 5.41 Å². The van der Waals surface area contributed by atoms with Crippen molar-refractivity contribution in [2.45, 2.75) is 31.1 Å². The van der Waals surface area contributed by atoms with Crippen LogP contribution in [-0.4, -0.2) is 37.5 Å². The maximum absolute atomic E-state index is 12.6. The van der Waals surface area contributed by atoms with Crippen LogP contribution in [0.2, 0.25) is 0 Å². The summed E-state index contributed by atoms with van der Waals surface area (Å²) in [5, 5.41) is 18.4. The lowest BCUT2D eigenvalue weighted by atomic mass is 9.77. The van der Waals surface area contributed by atoms with E-state index in [1.54, 1.807) is 12.1 Å². The van der Waals surface area contributed by atoms with Crippen LogP contribution in [0, 0.1) is 16.7 Å². The van der Waals surface area contributed by atoms with Crippen molar-refractivity contribution in [3.05, 3.63) is 29.8 Å². The lowest BCUT2D eigenvalue weighted by Crippen LogP contribution is -2.44. The smallest absolute Gasteiger partial charge is 0.243 e. The van der Waals surface area contributed by atoms with Crippen molar-refractivity contribution in [3.63, 3.8) is 0 Å². The van der Waals surface area contributed by atoms with Gasteiger partial charge < -0.3 is 5.11 Å². The van der Waals surface area contributed by atoms with Crippen molar-refractivity contribution in [1.82, 2.24) is 4.31 Å². The minimum Gasteiger partial charge on any atom is -0.396 e. The van der Waals surface area contributed by atoms with Gasteiger partial charge in [-0.3, -0.25) is 0 Å². The Hall–Kier alpha value is -1.42. The number of nitriles is 1. The molecule has 1 aliphatic heterocycles. The average molecular weight is 308 g/mol. The first-order valence-electron chi connectivity index (χ1n) is 7.09. The number of nitrogens with zero attached hydrogens (tertiary/aromatic N) is 2. The second-order valence-electron chi connectivity index (χ2n) is 5.56. The Morgan fingerprint density at radius 3 is 2.57 bits per heavy atom. The topological polar surface area (TPSA) is 81.4 Å². The molecule has 1 N–H and O–H groups in total. The summed E-state index contributed by atoms with van der Waals surface area (Å²) in [5.41, 5.74) is 0.187. The Bertz CT molecular complexity index is 635. The molecular formula is C15H20N2O3S. The molecule has 1 aromatic carbocycles. The molecule has 5 nitrogen and oxygen atoms in total. The first-order valence-corrected chi connectivity index (χ1v) is 8.53. The van der Waals surface area contributed by atoms with Crippen molar-refractivity contribution in [3.8, 4) is 6.07 Å². The van der Waals surface area contributed by atoms with Gasteiger partial charge in [0.25, 0.3) is 0 Å². The van der Waals surface area contributed by atoms with Gasteiger partial charge in [0.1, 0.15) is 0 Å². The van der Waals surface area contributed by atoms with Gasteiger partial charge in [-0.2, -0.15) is 9.57 Å². The van der Waals surface area contributed by atoms with E-state index in [0.29, 0.717) is 31.5 Å². The zero-order valence-electron chi connectivity index (χ0n) is 12.1. The largest absolute Gasteiger partial charge is 0.396 e. The molecule has 21 heavy (non-hydrogen) atoms. The van der Waals surface area contributed by atoms with E-state index in [4.69, 9.17) is 5.26 Å². The highest BCUT2D eigenvalue weighted by Gasteiger charge is 2.36. The molecule has 1 heterocycles. The van der Waals surface area contributed by atoms with Gasteiger partial charge in [-0.15, -0.1) is 0 Å². The van der Waals surface area contributed by atoms with Gasteiger partial charge in [0.15, 0.2) is 0 Å². The second-order valence-corrected chi connectivity index (χ2v) is 7.49. The zero-order chi connectivity index (χ0) is 15.5. The van der Waals surface area contributed by atoms with Gasteiger partial charge >= 0.3 is 0 Å². The monoisotopic (exact) mass is 308 g/mol. The summed E-state index contributed by atoms with van der Waals surface area (Å²) in [6.07, 6.45) is 2.18. The molecule has 1 fully saturated rings. The van der Waals surface area contributed by atoms with Crippen LogP contribution in [-0.2, 0) is 10.0 Å². The molecule has 1 aromatic rings. The summed E-state index contributed by atoms with van der Waals surface area (Å²) in [6, 6.07) is 8.05. The Labute approximate surface area is 125 Å². The van der Waals surface area contributed by atoms with Crippen molar-refractivity contribution >= 4 is 10.0 Å². The van der Waals surface area contributed by atoms with E-state index in [1.165, 1.54) is 16.4 Å². The third-order valence-electron chi connectivity index (χ3n) is 4.47. The molecule has 0 amide bonds. The summed E-state index contributed by atoms with van der Waals surface area (Å²) >= 11 is 0. The van der Waals surface area contributed by atoms with Crippen LogP contribution in [0.1, 0.15) is 31.7 Å². The molecule has 0 unspecified atom stereocenters. The van der Waals surface area contributed by atoms with Crippen molar-refractivity contribution < 1.29 is 13.5 Å². The number of aliphatic hydroxyl groups excluding tert-OH is 1. The molecule has 0 aliphatic carbocycles. The van der Waals surface area contributed by atoms with Crippen LogP contribution in [0.15, 0.2) is 29.2 Å². The molecule has 0 atom stereocenters. The van der Waals surface area contributed by atoms with E-state index in [-0.39, 0.29) is 16.9 Å². The van der Waals surface area contributed by atoms with E-state index >= 15 is 0 Å². The standard InChI is InChI=1S/C15H20N2O3S/c1-2-15(12-18)6-8-17(9-7-15)21(19,20)14-5-3-4-13(10-14)11-16/h3-5,10,18H,2,6-9,12H2,1H3. The minimum atomic E-state index is -3.56. The van der Waals surface area contributed by atoms with Crippen molar-refractivity contribution in [2.75, 3.05) is 19.7 Å². The average Bonchev–Trinajstić information content (AvgIpc) is 2.55. The quantitative estimate of drug-likeness (QED) is 0.918. The molecule has 0 spiro atoms. The fraction of sp³-hybridized carbons (Fsp3) is 0.533. The van der Waals surface area contributed by atoms with Crippen LogP contribution in [0.3, 0.4) is 0 Å². The van der Waals surface area contributed by atoms with Crippen LogP contribution >= 0.6 is 0 Å². The minimum absolute atomic E-state index is 0.0985. The third-order valence-corrected chi connectivity index (χ3v) is 6.36. The zero-order valence-corrected chi connectivity index (χ0v) is 12.9. The summed E-state index contributed by atoms with van der Waals surface area (Å²) in [4.78, 5) is 0.162. The molecule has 0 bridgehead atoms. The first-order chi connectivity index (χ1) is 9.97. The number of aliphatic hydroxyl groups is 1. The first kappa shape index (κ1) is 16.0. The van der Waals surface area contributed by atoms with E-state index in [1.807, 2.05) is 13.0 Å². The highest BCUT2D eigenvalue weighted by atomic mass is 32.2. The highest BCUT2D eigenvalue weighted by Crippen LogP contribution is 2.36. The van der Waals surface area contributed by atoms with Crippen LogP contribution in [0.4, 0.5) is 0 Å². The lowest BCUT2D eigenvalue weighted by Gasteiger charge is -2.39. The summed E-state index contributed by atoms with van der Waals surface area (Å²) in [7, 11) is -3.56. The molecule has 1 saturated heterocycles. The Morgan fingerprint density at radius 2 is 2.05 bits per heavy atom. The third kappa shape index (κ3) is 3.10. The van der Waals surface area contributed by atoms with E-state index in [9.17, 15) is 13.5 Å². The Kier molecular flexibility index (Phi) is 4.67. The van der Waals surface area contributed by atoms with Gasteiger partial charge in [0, 0.05) is 19.7 Å². The fourth-order valence-corrected chi connectivity index (χ4v) is 4.19. The van der Waals surface area contributed by atoms with Gasteiger partial charge in [0.2, 0.25) is 10.0 Å². The Balaban J connectivity index is 2.20. The van der Waals surface area contributed by atoms with Crippen LogP contribution in [0.5, 0.6) is 0 Å². The number of sulfonamides is 1. The number of rotatable bonds is 4. The van der Waals surface area contributed by atoms with Gasteiger partial charge in [-0.25, -0.2) is 8.42 Å². The molecule has 0 saturated carbocycles. The molecular weight excluding hydrogens is 288 g/mol. The van der Waals surface area contributed by atoms with Crippen LogP contribution in [0.25, 0.3) is 0 Å². The predicted octanol–water partition coefficient (Wildman–Crippen LogP) is 1.73. The number of hydrogen-bond donors (Lipinski definition) is 1. The van der Waals surface area contributed by atoms with E-state index in [2.05, 4.69) is 0 Å². The molecule has 1 aliphatic rings. The fourth-order valence-electron chi connectivity index (χ4n) is 2.70. The second kappa shape index (κ2) is 6.14. The normalized spacial score (nSPS) is 19.1. The Morgan fingerprint density at radius 1 is 1.38 bits per heavy atom. The predicted molar refractivity (Wildman–Crippen MR) is 79.0 cm³/mol. The van der Waals surface area contributed by atoms with E-state index < -0.39 is 10.0 Å². The summed E-state index contributed by atoms with van der Waals surface area (Å²) in [5.74, 6) is 0. The molecule has 6 heteroatoms. The molecule has 0 radical (unpaired) electrons. The lowest BCUT2D eigenvalue weighted by molar-refractivity contribution is 0.0647. The SMILES string of the molecule is CCC1(CO)CCN(S(=O)(=O)c2cccc(C#N)c2)CC1.